The molecule has 3 rings (SSSR count). The lowest BCUT2D eigenvalue weighted by Crippen LogP contribution is -2.70. The van der Waals surface area contributed by atoms with Crippen LogP contribution >= 0.6 is 0 Å². The highest BCUT2D eigenvalue weighted by Gasteiger charge is 2.44. The molecule has 26 heavy (non-hydrogen) atoms. The van der Waals surface area contributed by atoms with Crippen molar-refractivity contribution in [3.8, 4) is 0 Å². The number of hydrogen-bond donors (Lipinski definition) is 1. The molecule has 2 unspecified atom stereocenters. The Kier molecular flexibility index (Phi) is 5.03. The molecular weight excluding hydrogens is 330 g/mol. The van der Waals surface area contributed by atoms with Gasteiger partial charge in [0.15, 0.2) is 0 Å². The third kappa shape index (κ3) is 4.06. The normalized spacial score (nSPS) is 23.5. The Morgan fingerprint density at radius 3 is 2.50 bits per heavy atom. The van der Waals surface area contributed by atoms with Gasteiger partial charge < -0.3 is 15.1 Å². The van der Waals surface area contributed by atoms with Crippen LogP contribution in [0.3, 0.4) is 0 Å². The van der Waals surface area contributed by atoms with Crippen molar-refractivity contribution in [3.05, 3.63) is 35.9 Å². The Labute approximate surface area is 154 Å². The minimum atomic E-state index is -0.577. The monoisotopic (exact) mass is 357 g/mol. The van der Waals surface area contributed by atoms with E-state index in [1.807, 2.05) is 51.1 Å². The smallest absolute Gasteiger partial charge is 0.246 e. The van der Waals surface area contributed by atoms with E-state index in [1.165, 1.54) is 0 Å². The highest BCUT2D eigenvalue weighted by atomic mass is 16.2. The molecular formula is C20H27N3O3. The number of nitrogens with one attached hydrogen (secondary N) is 1. The molecule has 0 bridgehead atoms. The Hall–Kier alpha value is -2.37. The van der Waals surface area contributed by atoms with Gasteiger partial charge in [-0.1, -0.05) is 51.1 Å². The number of rotatable bonds is 3. The van der Waals surface area contributed by atoms with E-state index in [-0.39, 0.29) is 29.7 Å². The van der Waals surface area contributed by atoms with E-state index in [2.05, 4.69) is 5.32 Å². The average Bonchev–Trinajstić information content (AvgIpc) is 2.58. The zero-order valence-corrected chi connectivity index (χ0v) is 15.7. The van der Waals surface area contributed by atoms with Crippen molar-refractivity contribution in [2.24, 2.45) is 5.41 Å². The van der Waals surface area contributed by atoms with Gasteiger partial charge in [-0.15, -0.1) is 0 Å². The van der Waals surface area contributed by atoms with Gasteiger partial charge in [0.05, 0.1) is 6.54 Å². The number of piperazine rings is 2. The molecule has 2 fully saturated rings. The van der Waals surface area contributed by atoms with E-state index in [9.17, 15) is 14.4 Å². The summed E-state index contributed by atoms with van der Waals surface area (Å²) in [4.78, 5) is 41.2. The molecule has 6 heteroatoms. The van der Waals surface area contributed by atoms with Crippen molar-refractivity contribution in [1.82, 2.24) is 15.1 Å². The van der Waals surface area contributed by atoms with Crippen LogP contribution in [0.5, 0.6) is 0 Å². The van der Waals surface area contributed by atoms with Gasteiger partial charge in [0.25, 0.3) is 0 Å². The first kappa shape index (κ1) is 18.4. The largest absolute Gasteiger partial charge is 0.342 e. The molecule has 6 nitrogen and oxygen atoms in total. The second-order valence-electron chi connectivity index (χ2n) is 8.38. The van der Waals surface area contributed by atoms with E-state index < -0.39 is 12.1 Å². The first-order chi connectivity index (χ1) is 12.2. The lowest BCUT2D eigenvalue weighted by molar-refractivity contribution is -0.156. The van der Waals surface area contributed by atoms with Gasteiger partial charge in [-0.2, -0.15) is 0 Å². The highest BCUT2D eigenvalue weighted by Crippen LogP contribution is 2.23. The minimum Gasteiger partial charge on any atom is -0.342 e. The number of amides is 3. The maximum atomic E-state index is 12.8. The summed E-state index contributed by atoms with van der Waals surface area (Å²) in [5.41, 5.74) is 0.920. The minimum absolute atomic E-state index is 0.0452. The molecule has 1 N–H and O–H groups in total. The zero-order chi connectivity index (χ0) is 18.9. The van der Waals surface area contributed by atoms with Crippen molar-refractivity contribution < 1.29 is 14.4 Å². The van der Waals surface area contributed by atoms with Crippen molar-refractivity contribution >= 4 is 17.7 Å². The van der Waals surface area contributed by atoms with Crippen molar-refractivity contribution in [1.29, 1.82) is 0 Å². The number of benzene rings is 1. The molecule has 0 aliphatic carbocycles. The fraction of sp³-hybridized carbons (Fsp3) is 0.550. The van der Waals surface area contributed by atoms with Gasteiger partial charge in [0.2, 0.25) is 17.7 Å². The van der Waals surface area contributed by atoms with Crippen molar-refractivity contribution in [3.63, 3.8) is 0 Å². The molecule has 1 aromatic rings. The maximum absolute atomic E-state index is 12.8. The van der Waals surface area contributed by atoms with E-state index in [0.717, 1.165) is 5.56 Å². The van der Waals surface area contributed by atoms with Gasteiger partial charge >= 0.3 is 0 Å². The van der Waals surface area contributed by atoms with Crippen LogP contribution in [-0.2, 0) is 20.8 Å². The molecule has 2 atom stereocenters. The molecule has 0 aromatic heterocycles. The van der Waals surface area contributed by atoms with Crippen LogP contribution < -0.4 is 5.32 Å². The lowest BCUT2D eigenvalue weighted by atomic mass is 9.91. The predicted molar refractivity (Wildman–Crippen MR) is 98.2 cm³/mol. The van der Waals surface area contributed by atoms with Gasteiger partial charge in [-0.3, -0.25) is 14.4 Å². The standard InChI is InChI=1S/C20H27N3O3/c1-20(2,3)12-17(24)22-9-10-23-16(13-22)18(25)21-15(19(23)26)11-14-7-5-4-6-8-14/h4-8,15-16H,9-13H2,1-3H3,(H,21,25). The van der Waals surface area contributed by atoms with Crippen LogP contribution in [0.1, 0.15) is 32.8 Å². The van der Waals surface area contributed by atoms with E-state index in [1.54, 1.807) is 9.80 Å². The third-order valence-electron chi connectivity index (χ3n) is 4.90. The number of fused-ring (bicyclic) bond motifs is 1. The molecule has 2 saturated heterocycles. The summed E-state index contributed by atoms with van der Waals surface area (Å²) in [6.07, 6.45) is 0.924. The van der Waals surface area contributed by atoms with Crippen LogP contribution in [-0.4, -0.2) is 59.2 Å². The second-order valence-corrected chi connectivity index (χ2v) is 8.38. The van der Waals surface area contributed by atoms with Gasteiger partial charge in [-0.05, 0) is 11.0 Å². The fourth-order valence-corrected chi connectivity index (χ4v) is 3.58. The number of carbonyl (C=O) groups excluding carboxylic acids is 3. The van der Waals surface area contributed by atoms with Crippen molar-refractivity contribution in [2.75, 3.05) is 19.6 Å². The first-order valence-corrected chi connectivity index (χ1v) is 9.17. The van der Waals surface area contributed by atoms with E-state index >= 15 is 0 Å². The summed E-state index contributed by atoms with van der Waals surface area (Å²) in [5.74, 6) is -0.177. The summed E-state index contributed by atoms with van der Waals surface area (Å²) in [6, 6.07) is 8.57. The molecule has 2 heterocycles. The molecule has 2 aliphatic heterocycles. The number of nitrogens with zero attached hydrogens (tertiary/aromatic N) is 2. The van der Waals surface area contributed by atoms with E-state index in [0.29, 0.717) is 25.9 Å². The predicted octanol–water partition coefficient (Wildman–Crippen LogP) is 1.20. The Balaban J connectivity index is 1.66. The Morgan fingerprint density at radius 2 is 1.85 bits per heavy atom. The molecule has 140 valence electrons. The molecule has 0 radical (unpaired) electrons. The van der Waals surface area contributed by atoms with Crippen LogP contribution in [0.25, 0.3) is 0 Å². The lowest BCUT2D eigenvalue weighted by Gasteiger charge is -2.45. The Bertz CT molecular complexity index is 696. The van der Waals surface area contributed by atoms with Crippen LogP contribution in [0.15, 0.2) is 30.3 Å². The van der Waals surface area contributed by atoms with Crippen LogP contribution in [0.4, 0.5) is 0 Å². The SMILES string of the molecule is CC(C)(C)CC(=O)N1CCN2C(=O)C(Cc3ccccc3)NC(=O)C2C1. The molecule has 0 spiro atoms. The zero-order valence-electron chi connectivity index (χ0n) is 15.7. The topological polar surface area (TPSA) is 69.7 Å². The van der Waals surface area contributed by atoms with Gasteiger partial charge in [0.1, 0.15) is 12.1 Å². The summed E-state index contributed by atoms with van der Waals surface area (Å²) in [7, 11) is 0. The summed E-state index contributed by atoms with van der Waals surface area (Å²) in [6.45, 7) is 7.25. The molecule has 3 amide bonds. The van der Waals surface area contributed by atoms with Gasteiger partial charge in [0, 0.05) is 25.9 Å². The van der Waals surface area contributed by atoms with Gasteiger partial charge in [-0.25, -0.2) is 0 Å². The molecule has 1 aromatic carbocycles. The highest BCUT2D eigenvalue weighted by molar-refractivity contribution is 5.98. The molecule has 2 aliphatic rings. The fourth-order valence-electron chi connectivity index (χ4n) is 3.58. The first-order valence-electron chi connectivity index (χ1n) is 9.17. The van der Waals surface area contributed by atoms with Crippen molar-refractivity contribution in [2.45, 2.75) is 45.7 Å². The summed E-state index contributed by atoms with van der Waals surface area (Å²) in [5, 5.41) is 2.85. The Morgan fingerprint density at radius 1 is 1.15 bits per heavy atom. The summed E-state index contributed by atoms with van der Waals surface area (Å²) >= 11 is 0. The van der Waals surface area contributed by atoms with E-state index in [4.69, 9.17) is 0 Å². The third-order valence-corrected chi connectivity index (χ3v) is 4.90. The number of carbonyl (C=O) groups is 3. The number of hydrogen-bond acceptors (Lipinski definition) is 3. The summed E-state index contributed by atoms with van der Waals surface area (Å²) < 4.78 is 0. The maximum Gasteiger partial charge on any atom is 0.246 e. The van der Waals surface area contributed by atoms with Crippen LogP contribution in [0, 0.1) is 5.41 Å². The average molecular weight is 357 g/mol. The molecule has 0 saturated carbocycles. The second kappa shape index (κ2) is 7.09. The quantitative estimate of drug-likeness (QED) is 0.884. The van der Waals surface area contributed by atoms with Crippen LogP contribution in [0.2, 0.25) is 0 Å².